The van der Waals surface area contributed by atoms with Gasteiger partial charge < -0.3 is 14.6 Å². The van der Waals surface area contributed by atoms with E-state index >= 15 is 0 Å². The van der Waals surface area contributed by atoms with Crippen LogP contribution in [0.2, 0.25) is 0 Å². The van der Waals surface area contributed by atoms with E-state index in [1.807, 2.05) is 0 Å². The van der Waals surface area contributed by atoms with Gasteiger partial charge >= 0.3 is 11.9 Å². The highest BCUT2D eigenvalue weighted by atomic mass is 16.4. The topological polar surface area (TPSA) is 91.0 Å². The Hall–Kier alpha value is -1.82. The van der Waals surface area contributed by atoms with Gasteiger partial charge in [-0.1, -0.05) is 0 Å². The number of nitrogens with zero attached hydrogens (tertiary/aromatic N) is 1. The van der Waals surface area contributed by atoms with Crippen molar-refractivity contribution in [1.29, 1.82) is 0 Å². The number of rotatable bonds is 5. The third-order valence-corrected chi connectivity index (χ3v) is 3.14. The molecule has 1 aromatic heterocycles. The van der Waals surface area contributed by atoms with Crippen molar-refractivity contribution < 1.29 is 24.2 Å². The summed E-state index contributed by atoms with van der Waals surface area (Å²) in [6, 6.07) is 1.62. The Labute approximate surface area is 104 Å². The third kappa shape index (κ3) is 2.70. The maximum atomic E-state index is 10.8. The minimum absolute atomic E-state index is 0.181. The highest BCUT2D eigenvalue weighted by molar-refractivity contribution is 5.72. The Morgan fingerprint density at radius 3 is 2.61 bits per heavy atom. The molecule has 0 saturated heterocycles. The second-order valence-electron chi connectivity index (χ2n) is 4.40. The molecule has 1 aromatic rings. The first-order valence-electron chi connectivity index (χ1n) is 5.82. The first kappa shape index (κ1) is 12.6. The van der Waals surface area contributed by atoms with Gasteiger partial charge in [-0.25, -0.2) is 0 Å². The normalized spacial score (nSPS) is 18.6. The third-order valence-electron chi connectivity index (χ3n) is 3.14. The van der Waals surface area contributed by atoms with Gasteiger partial charge in [0, 0.05) is 18.0 Å². The molecule has 1 unspecified atom stereocenters. The van der Waals surface area contributed by atoms with Crippen LogP contribution in [0.25, 0.3) is 0 Å². The number of carboxylic acids is 2. The van der Waals surface area contributed by atoms with Crippen LogP contribution in [0.3, 0.4) is 0 Å². The maximum absolute atomic E-state index is 10.8. The van der Waals surface area contributed by atoms with E-state index in [2.05, 4.69) is 0 Å². The SMILES string of the molecule is O=C(O)CN(CC(=O)O)C1CCCc2occc21. The molecular weight excluding hydrogens is 238 g/mol. The number of hydrogen-bond acceptors (Lipinski definition) is 4. The van der Waals surface area contributed by atoms with E-state index in [4.69, 9.17) is 14.6 Å². The second kappa shape index (κ2) is 5.22. The summed E-state index contributed by atoms with van der Waals surface area (Å²) >= 11 is 0. The smallest absolute Gasteiger partial charge is 0.317 e. The first-order valence-corrected chi connectivity index (χ1v) is 5.82. The summed E-state index contributed by atoms with van der Waals surface area (Å²) in [5, 5.41) is 17.7. The Bertz CT molecular complexity index is 437. The lowest BCUT2D eigenvalue weighted by atomic mass is 9.92. The summed E-state index contributed by atoms with van der Waals surface area (Å²) in [7, 11) is 0. The van der Waals surface area contributed by atoms with Crippen LogP contribution in [0, 0.1) is 0 Å². The van der Waals surface area contributed by atoms with Crippen molar-refractivity contribution >= 4 is 11.9 Å². The van der Waals surface area contributed by atoms with Crippen LogP contribution in [-0.2, 0) is 16.0 Å². The van der Waals surface area contributed by atoms with Crippen molar-refractivity contribution in [3.05, 3.63) is 23.7 Å². The second-order valence-corrected chi connectivity index (χ2v) is 4.40. The molecule has 1 atom stereocenters. The van der Waals surface area contributed by atoms with Crippen LogP contribution in [-0.4, -0.2) is 40.1 Å². The Balaban J connectivity index is 2.21. The van der Waals surface area contributed by atoms with Crippen molar-refractivity contribution in [3.63, 3.8) is 0 Å². The van der Waals surface area contributed by atoms with Gasteiger partial charge in [-0.3, -0.25) is 14.5 Å². The van der Waals surface area contributed by atoms with E-state index in [1.54, 1.807) is 12.3 Å². The number of fused-ring (bicyclic) bond motifs is 1. The lowest BCUT2D eigenvalue weighted by molar-refractivity contribution is -0.143. The van der Waals surface area contributed by atoms with Crippen molar-refractivity contribution in [3.8, 4) is 0 Å². The molecule has 0 spiro atoms. The maximum Gasteiger partial charge on any atom is 0.317 e. The van der Waals surface area contributed by atoms with Crippen molar-refractivity contribution in [2.24, 2.45) is 0 Å². The Morgan fingerprint density at radius 2 is 2.00 bits per heavy atom. The fraction of sp³-hybridized carbons (Fsp3) is 0.500. The number of aryl methyl sites for hydroxylation is 1. The summed E-state index contributed by atoms with van der Waals surface area (Å²) < 4.78 is 5.32. The molecule has 0 aromatic carbocycles. The van der Waals surface area contributed by atoms with E-state index in [0.29, 0.717) is 0 Å². The molecule has 18 heavy (non-hydrogen) atoms. The van der Waals surface area contributed by atoms with Gasteiger partial charge in [-0.2, -0.15) is 0 Å². The van der Waals surface area contributed by atoms with E-state index in [9.17, 15) is 9.59 Å². The van der Waals surface area contributed by atoms with Crippen molar-refractivity contribution in [2.45, 2.75) is 25.3 Å². The summed E-state index contributed by atoms with van der Waals surface area (Å²) in [5.41, 5.74) is 0.920. The van der Waals surface area contributed by atoms with E-state index in [-0.39, 0.29) is 19.1 Å². The van der Waals surface area contributed by atoms with E-state index < -0.39 is 11.9 Å². The minimum Gasteiger partial charge on any atom is -0.480 e. The van der Waals surface area contributed by atoms with Gasteiger partial charge in [-0.05, 0) is 18.9 Å². The van der Waals surface area contributed by atoms with E-state index in [1.165, 1.54) is 4.90 Å². The molecule has 2 N–H and O–H groups in total. The first-order chi connectivity index (χ1) is 8.58. The predicted molar refractivity (Wildman–Crippen MR) is 61.2 cm³/mol. The van der Waals surface area contributed by atoms with Crippen LogP contribution in [0.4, 0.5) is 0 Å². The number of furan rings is 1. The molecule has 0 aliphatic heterocycles. The zero-order chi connectivity index (χ0) is 13.1. The lowest BCUT2D eigenvalue weighted by Gasteiger charge is -2.31. The van der Waals surface area contributed by atoms with E-state index in [0.717, 1.165) is 30.6 Å². The molecule has 1 aliphatic carbocycles. The molecule has 2 rings (SSSR count). The molecule has 0 bridgehead atoms. The Kier molecular flexibility index (Phi) is 3.66. The molecule has 0 saturated carbocycles. The molecule has 1 aliphatic rings. The zero-order valence-electron chi connectivity index (χ0n) is 9.83. The van der Waals surface area contributed by atoms with Gasteiger partial charge in [0.1, 0.15) is 5.76 Å². The van der Waals surface area contributed by atoms with Gasteiger partial charge in [0.25, 0.3) is 0 Å². The number of aliphatic carboxylic acids is 2. The molecule has 1 heterocycles. The average molecular weight is 253 g/mol. The Morgan fingerprint density at radius 1 is 1.33 bits per heavy atom. The average Bonchev–Trinajstić information content (AvgIpc) is 2.74. The molecule has 0 radical (unpaired) electrons. The quantitative estimate of drug-likeness (QED) is 0.817. The number of carbonyl (C=O) groups is 2. The summed E-state index contributed by atoms with van der Waals surface area (Å²) in [6.45, 7) is -0.552. The molecule has 0 fully saturated rings. The molecule has 6 nitrogen and oxygen atoms in total. The molecule has 0 amide bonds. The molecule has 98 valence electrons. The fourth-order valence-electron chi connectivity index (χ4n) is 2.47. The highest BCUT2D eigenvalue weighted by Crippen LogP contribution is 2.34. The minimum atomic E-state index is -1.02. The fourth-order valence-corrected chi connectivity index (χ4v) is 2.47. The van der Waals surface area contributed by atoms with Crippen LogP contribution in [0.15, 0.2) is 16.7 Å². The van der Waals surface area contributed by atoms with Gasteiger partial charge in [0.2, 0.25) is 0 Å². The van der Waals surface area contributed by atoms with Crippen molar-refractivity contribution in [1.82, 2.24) is 4.90 Å². The number of carboxylic acid groups (broad SMARTS) is 2. The summed E-state index contributed by atoms with van der Waals surface area (Å²) in [5.74, 6) is -1.20. The zero-order valence-corrected chi connectivity index (χ0v) is 9.83. The van der Waals surface area contributed by atoms with Crippen LogP contribution in [0.5, 0.6) is 0 Å². The van der Waals surface area contributed by atoms with Gasteiger partial charge in [0.05, 0.1) is 19.4 Å². The van der Waals surface area contributed by atoms with Gasteiger partial charge in [0.15, 0.2) is 0 Å². The molecular formula is C12H15NO5. The standard InChI is InChI=1S/C12H15NO5/c14-11(15)6-13(7-12(16)17)9-2-1-3-10-8(9)4-5-18-10/h4-5,9H,1-3,6-7H2,(H,14,15)(H,16,17). The van der Waals surface area contributed by atoms with Crippen molar-refractivity contribution in [2.75, 3.05) is 13.1 Å². The summed E-state index contributed by atoms with van der Waals surface area (Å²) in [4.78, 5) is 23.1. The van der Waals surface area contributed by atoms with Crippen LogP contribution < -0.4 is 0 Å². The van der Waals surface area contributed by atoms with Crippen LogP contribution >= 0.6 is 0 Å². The largest absolute Gasteiger partial charge is 0.480 e. The molecule has 6 heteroatoms. The monoisotopic (exact) mass is 253 g/mol. The number of hydrogen-bond donors (Lipinski definition) is 2. The predicted octanol–water partition coefficient (Wildman–Crippen LogP) is 1.13. The van der Waals surface area contributed by atoms with Gasteiger partial charge in [-0.15, -0.1) is 0 Å². The highest BCUT2D eigenvalue weighted by Gasteiger charge is 2.30. The van der Waals surface area contributed by atoms with Crippen LogP contribution in [0.1, 0.15) is 30.2 Å². The summed E-state index contributed by atoms with van der Waals surface area (Å²) in [6.07, 6.45) is 4.03. The lowest BCUT2D eigenvalue weighted by Crippen LogP contribution is -2.38.